The van der Waals surface area contributed by atoms with Crippen molar-refractivity contribution < 1.29 is 15.0 Å². The van der Waals surface area contributed by atoms with Gasteiger partial charge in [-0.15, -0.1) is 0 Å². The molecule has 4 rings (SSSR count). The van der Waals surface area contributed by atoms with Crippen molar-refractivity contribution in [1.82, 2.24) is 0 Å². The maximum Gasteiger partial charge on any atom is 0.159 e. The molecule has 1 unspecified atom stereocenters. The Labute approximate surface area is 150 Å². The van der Waals surface area contributed by atoms with Crippen LogP contribution >= 0.6 is 0 Å². The van der Waals surface area contributed by atoms with Gasteiger partial charge in [0.05, 0.1) is 12.2 Å². The second-order valence-electron chi connectivity index (χ2n) is 9.64. The molecule has 0 saturated heterocycles. The molecule has 0 bridgehead atoms. The minimum Gasteiger partial charge on any atom is -0.390 e. The summed E-state index contributed by atoms with van der Waals surface area (Å²) in [6.07, 6.45) is 5.57. The number of ketones is 1. The summed E-state index contributed by atoms with van der Waals surface area (Å²) in [6.45, 7) is 6.42. The van der Waals surface area contributed by atoms with Crippen LogP contribution in [0.15, 0.2) is 11.6 Å². The first-order valence-corrected chi connectivity index (χ1v) is 9.85. The lowest BCUT2D eigenvalue weighted by atomic mass is 9.47. The van der Waals surface area contributed by atoms with Gasteiger partial charge in [0.25, 0.3) is 0 Å². The molecule has 0 radical (unpaired) electrons. The van der Waals surface area contributed by atoms with Crippen molar-refractivity contribution >= 4 is 11.5 Å². The SMILES string of the molecule is CC(=N)[C@H]1CC[C@H]2C3=CC(=O)[C@@H]4C[C@@H](O)[C@@H](O)C[C@]4(C)C3CC[C@]12C. The summed E-state index contributed by atoms with van der Waals surface area (Å²) in [5.41, 5.74) is 1.94. The van der Waals surface area contributed by atoms with Crippen LogP contribution in [0.2, 0.25) is 0 Å². The number of carbonyl (C=O) groups excluding carboxylic acids is 1. The molecular formula is C21H31NO3. The van der Waals surface area contributed by atoms with Crippen LogP contribution in [0.25, 0.3) is 0 Å². The lowest BCUT2D eigenvalue weighted by Crippen LogP contribution is -2.55. The van der Waals surface area contributed by atoms with Crippen molar-refractivity contribution in [2.75, 3.05) is 0 Å². The molecule has 4 aliphatic rings. The standard InChI is InChI=1S/C21H31NO3/c1-11(22)13-4-5-14-12-8-17(23)16-9-18(24)19(25)10-21(16,3)15(12)6-7-20(13,14)2/h8,13-16,18-19,22,24-25H,4-7,9-10H2,1-3H3/t13-,14+,15?,16+,18-,19+,20-,21-/m1/s1. The maximum absolute atomic E-state index is 12.9. The van der Waals surface area contributed by atoms with Crippen molar-refractivity contribution in [3.05, 3.63) is 11.6 Å². The molecule has 0 aromatic carbocycles. The van der Waals surface area contributed by atoms with Gasteiger partial charge in [-0.2, -0.15) is 0 Å². The number of hydrogen-bond acceptors (Lipinski definition) is 4. The van der Waals surface area contributed by atoms with Gasteiger partial charge in [-0.3, -0.25) is 4.79 Å². The summed E-state index contributed by atoms with van der Waals surface area (Å²) >= 11 is 0. The van der Waals surface area contributed by atoms with E-state index in [0.717, 1.165) is 31.4 Å². The Bertz CT molecular complexity index is 656. The number of aliphatic hydroxyl groups is 2. The maximum atomic E-state index is 12.9. The number of nitrogens with one attached hydrogen (secondary N) is 1. The molecular weight excluding hydrogens is 314 g/mol. The van der Waals surface area contributed by atoms with Crippen LogP contribution in [0.1, 0.15) is 59.3 Å². The van der Waals surface area contributed by atoms with E-state index in [9.17, 15) is 15.0 Å². The van der Waals surface area contributed by atoms with Crippen molar-refractivity contribution in [3.63, 3.8) is 0 Å². The average Bonchev–Trinajstić information content (AvgIpc) is 2.88. The molecule has 4 nitrogen and oxygen atoms in total. The third-order valence-electron chi connectivity index (χ3n) is 8.45. The van der Waals surface area contributed by atoms with E-state index in [0.29, 0.717) is 30.6 Å². The lowest BCUT2D eigenvalue weighted by molar-refractivity contribution is -0.142. The van der Waals surface area contributed by atoms with E-state index < -0.39 is 12.2 Å². The first-order chi connectivity index (χ1) is 11.7. The Kier molecular flexibility index (Phi) is 3.83. The molecule has 0 amide bonds. The average molecular weight is 345 g/mol. The van der Waals surface area contributed by atoms with Gasteiger partial charge in [0.15, 0.2) is 5.78 Å². The Morgan fingerprint density at radius 3 is 2.44 bits per heavy atom. The largest absolute Gasteiger partial charge is 0.390 e. The van der Waals surface area contributed by atoms with Crippen LogP contribution in [0.4, 0.5) is 0 Å². The second kappa shape index (κ2) is 5.50. The summed E-state index contributed by atoms with van der Waals surface area (Å²) in [5, 5.41) is 28.6. The van der Waals surface area contributed by atoms with Gasteiger partial charge in [0.2, 0.25) is 0 Å². The summed E-state index contributed by atoms with van der Waals surface area (Å²) in [4.78, 5) is 12.9. The van der Waals surface area contributed by atoms with Gasteiger partial charge in [0.1, 0.15) is 0 Å². The number of allylic oxidation sites excluding steroid dienone is 2. The van der Waals surface area contributed by atoms with E-state index in [1.54, 1.807) is 0 Å². The highest BCUT2D eigenvalue weighted by Gasteiger charge is 2.60. The minimum atomic E-state index is -0.776. The van der Waals surface area contributed by atoms with Gasteiger partial charge >= 0.3 is 0 Å². The van der Waals surface area contributed by atoms with E-state index in [1.807, 2.05) is 13.0 Å². The van der Waals surface area contributed by atoms with Crippen LogP contribution < -0.4 is 0 Å². The van der Waals surface area contributed by atoms with Crippen LogP contribution in [-0.2, 0) is 4.79 Å². The van der Waals surface area contributed by atoms with Crippen LogP contribution in [-0.4, -0.2) is 33.9 Å². The number of carbonyl (C=O) groups is 1. The normalized spacial score (nSPS) is 52.0. The van der Waals surface area contributed by atoms with Gasteiger partial charge in [0, 0.05) is 17.5 Å². The molecule has 4 aliphatic carbocycles. The molecule has 138 valence electrons. The fourth-order valence-electron chi connectivity index (χ4n) is 7.11. The van der Waals surface area contributed by atoms with Crippen LogP contribution in [0.3, 0.4) is 0 Å². The van der Waals surface area contributed by atoms with Gasteiger partial charge in [-0.05, 0) is 74.2 Å². The molecule has 3 saturated carbocycles. The van der Waals surface area contributed by atoms with E-state index in [4.69, 9.17) is 5.41 Å². The van der Waals surface area contributed by atoms with Gasteiger partial charge < -0.3 is 15.6 Å². The fraction of sp³-hybridized carbons (Fsp3) is 0.810. The Morgan fingerprint density at radius 2 is 1.76 bits per heavy atom. The molecule has 3 N–H and O–H groups in total. The van der Waals surface area contributed by atoms with E-state index >= 15 is 0 Å². The zero-order valence-corrected chi connectivity index (χ0v) is 15.6. The van der Waals surface area contributed by atoms with Crippen molar-refractivity contribution in [2.24, 2.45) is 34.5 Å². The molecule has 0 aliphatic heterocycles. The quantitative estimate of drug-likeness (QED) is 0.639. The first-order valence-electron chi connectivity index (χ1n) is 9.85. The molecule has 0 heterocycles. The predicted molar refractivity (Wildman–Crippen MR) is 96.4 cm³/mol. The predicted octanol–water partition coefficient (Wildman–Crippen LogP) is 3.12. The van der Waals surface area contributed by atoms with Crippen molar-refractivity contribution in [3.8, 4) is 0 Å². The van der Waals surface area contributed by atoms with Crippen molar-refractivity contribution in [1.29, 1.82) is 5.41 Å². The third-order valence-corrected chi connectivity index (χ3v) is 8.45. The number of fused-ring (bicyclic) bond motifs is 5. The molecule has 0 aromatic rings. The van der Waals surface area contributed by atoms with Crippen LogP contribution in [0.5, 0.6) is 0 Å². The second-order valence-corrected chi connectivity index (χ2v) is 9.64. The smallest absolute Gasteiger partial charge is 0.159 e. The molecule has 0 spiro atoms. The molecule has 25 heavy (non-hydrogen) atoms. The Morgan fingerprint density at radius 1 is 1.08 bits per heavy atom. The van der Waals surface area contributed by atoms with E-state index in [2.05, 4.69) is 13.8 Å². The number of hydrogen-bond donors (Lipinski definition) is 3. The topological polar surface area (TPSA) is 81.4 Å². The molecule has 8 atom stereocenters. The van der Waals surface area contributed by atoms with E-state index in [-0.39, 0.29) is 22.5 Å². The summed E-state index contributed by atoms with van der Waals surface area (Å²) < 4.78 is 0. The van der Waals surface area contributed by atoms with Crippen LogP contribution in [0, 0.1) is 39.9 Å². The number of aliphatic hydroxyl groups excluding tert-OH is 2. The monoisotopic (exact) mass is 345 g/mol. The molecule has 0 aromatic heterocycles. The first kappa shape index (κ1) is 17.4. The lowest BCUT2D eigenvalue weighted by Gasteiger charge is -2.57. The Hall–Kier alpha value is -1.00. The highest BCUT2D eigenvalue weighted by atomic mass is 16.3. The third kappa shape index (κ3) is 2.26. The zero-order chi connectivity index (χ0) is 18.1. The zero-order valence-electron chi connectivity index (χ0n) is 15.6. The summed E-state index contributed by atoms with van der Waals surface area (Å²) in [5.74, 6) is 1.05. The van der Waals surface area contributed by atoms with Gasteiger partial charge in [-0.25, -0.2) is 0 Å². The highest BCUT2D eigenvalue weighted by molar-refractivity contribution is 5.94. The summed E-state index contributed by atoms with van der Waals surface area (Å²) in [6, 6.07) is 0. The summed E-state index contributed by atoms with van der Waals surface area (Å²) in [7, 11) is 0. The molecule has 3 fully saturated rings. The molecule has 4 heteroatoms. The minimum absolute atomic E-state index is 0.102. The number of rotatable bonds is 1. The van der Waals surface area contributed by atoms with Crippen molar-refractivity contribution in [2.45, 2.75) is 71.5 Å². The van der Waals surface area contributed by atoms with E-state index in [1.165, 1.54) is 5.57 Å². The Balaban J connectivity index is 1.74. The van der Waals surface area contributed by atoms with Gasteiger partial charge in [-0.1, -0.05) is 19.4 Å². The fourth-order valence-corrected chi connectivity index (χ4v) is 7.11. The highest BCUT2D eigenvalue weighted by Crippen LogP contribution is 2.65.